The zero-order chi connectivity index (χ0) is 8.08. The SMILES string of the molecule is CC(C)(C)C.CC(C)C.[W].[W].[W].[W].[W].[W].[W].[Y].[Y].[Y].[Y].[Y].[Y].[Y]. The van der Waals surface area contributed by atoms with Crippen LogP contribution in [0.1, 0.15) is 48.5 Å². The second kappa shape index (κ2) is 83.7. The summed E-state index contributed by atoms with van der Waals surface area (Å²) in [6.07, 6.45) is 0. The van der Waals surface area contributed by atoms with E-state index in [1.54, 1.807) is 0 Å². The predicted octanol–water partition coefficient (Wildman–Crippen LogP) is 3.68. The van der Waals surface area contributed by atoms with Gasteiger partial charge in [-0.3, -0.25) is 0 Å². The van der Waals surface area contributed by atoms with Gasteiger partial charge in [-0.1, -0.05) is 48.5 Å². The quantitative estimate of drug-likeness (QED) is 0.348. The van der Waals surface area contributed by atoms with Gasteiger partial charge in [-0.2, -0.15) is 0 Å². The molecule has 0 atom stereocenters. The first-order valence-electron chi connectivity index (χ1n) is 3.73. The molecule has 0 heterocycles. The molecule has 121 valence electrons. The molecule has 0 bridgehead atoms. The van der Waals surface area contributed by atoms with Gasteiger partial charge in [0, 0.05) is 376 Å². The van der Waals surface area contributed by atoms with E-state index in [4.69, 9.17) is 0 Å². The monoisotopic (exact) mass is 2040 g/mol. The Morgan fingerprint density at radius 3 is 0.391 bits per heavy atom. The molecule has 0 aromatic heterocycles. The van der Waals surface area contributed by atoms with Gasteiger partial charge in [0.1, 0.15) is 0 Å². The minimum absolute atomic E-state index is 0. The summed E-state index contributed by atoms with van der Waals surface area (Å²) < 4.78 is 0. The van der Waals surface area contributed by atoms with Crippen LogP contribution in [0.4, 0.5) is 0 Å². The fourth-order valence-corrected chi connectivity index (χ4v) is 0. The number of hydrogen-bond donors (Lipinski definition) is 0. The average Bonchev–Trinajstić information content (AvgIpc) is 1.19. The van der Waals surface area contributed by atoms with Crippen LogP contribution in [0.2, 0.25) is 0 Å². The molecule has 0 fully saturated rings. The molecule has 23 heavy (non-hydrogen) atoms. The van der Waals surface area contributed by atoms with Crippen molar-refractivity contribution in [1.82, 2.24) is 0 Å². The average molecular weight is 2040 g/mol. The molecule has 0 aromatic carbocycles. The van der Waals surface area contributed by atoms with Crippen LogP contribution in [0, 0.1) is 11.3 Å². The molecule has 0 nitrogen and oxygen atoms in total. The Morgan fingerprint density at radius 2 is 0.391 bits per heavy atom. The molecule has 0 unspecified atom stereocenters. The van der Waals surface area contributed by atoms with Gasteiger partial charge in [0.05, 0.1) is 0 Å². The van der Waals surface area contributed by atoms with Crippen molar-refractivity contribution in [3.8, 4) is 0 Å². The van der Waals surface area contributed by atoms with Crippen LogP contribution in [0.5, 0.6) is 0 Å². The van der Waals surface area contributed by atoms with Gasteiger partial charge in [0.25, 0.3) is 0 Å². The maximum Gasteiger partial charge on any atom is 0 e. The minimum atomic E-state index is 0. The maximum absolute atomic E-state index is 2.19. The van der Waals surface area contributed by atoms with Crippen molar-refractivity contribution in [2.45, 2.75) is 48.5 Å². The third-order valence-electron chi connectivity index (χ3n) is 0. The molecule has 14 heteroatoms. The van der Waals surface area contributed by atoms with Crippen LogP contribution in [0.3, 0.4) is 0 Å². The van der Waals surface area contributed by atoms with Crippen molar-refractivity contribution in [3.05, 3.63) is 0 Å². The van der Waals surface area contributed by atoms with E-state index in [2.05, 4.69) is 48.5 Å². The number of hydrogen-bond acceptors (Lipinski definition) is 0. The van der Waals surface area contributed by atoms with Gasteiger partial charge in [0.15, 0.2) is 0 Å². The van der Waals surface area contributed by atoms with E-state index in [1.807, 2.05) is 0 Å². The summed E-state index contributed by atoms with van der Waals surface area (Å²) in [4.78, 5) is 0. The van der Waals surface area contributed by atoms with E-state index >= 15 is 0 Å². The van der Waals surface area contributed by atoms with Crippen molar-refractivity contribution < 1.29 is 376 Å². The topological polar surface area (TPSA) is 0 Å². The van der Waals surface area contributed by atoms with Crippen LogP contribution < -0.4 is 0 Å². The first-order chi connectivity index (χ1) is 3.73. The molecule has 0 saturated carbocycles. The van der Waals surface area contributed by atoms with Crippen LogP contribution in [-0.2, 0) is 376 Å². The number of rotatable bonds is 0. The van der Waals surface area contributed by atoms with Gasteiger partial charge >= 0.3 is 0 Å². The smallest absolute Gasteiger partial charge is 0 e. The first kappa shape index (κ1) is 111. The summed E-state index contributed by atoms with van der Waals surface area (Å²) in [5.74, 6) is 0.833. The van der Waals surface area contributed by atoms with E-state index in [9.17, 15) is 0 Å². The zero-order valence-electron chi connectivity index (χ0n) is 15.0. The molecule has 0 amide bonds. The van der Waals surface area contributed by atoms with Gasteiger partial charge in [-0.15, -0.1) is 0 Å². The fraction of sp³-hybridized carbons (Fsp3) is 1.00. The molecule has 0 N–H and O–H groups in total. The maximum atomic E-state index is 2.19. The van der Waals surface area contributed by atoms with Gasteiger partial charge in [-0.25, -0.2) is 0 Å². The molecular weight excluding hydrogens is 2020 g/mol. The molecule has 0 aliphatic rings. The molecule has 7 radical (unpaired) electrons. The summed E-state index contributed by atoms with van der Waals surface area (Å²) in [5.41, 5.74) is 0.500. The van der Waals surface area contributed by atoms with E-state index < -0.39 is 0 Å². The summed E-state index contributed by atoms with van der Waals surface area (Å²) >= 11 is 0. The Bertz CT molecular complexity index is 73.0. The van der Waals surface area contributed by atoms with E-state index in [1.165, 1.54) is 0 Å². The van der Waals surface area contributed by atoms with Crippen molar-refractivity contribution in [2.75, 3.05) is 0 Å². The first-order valence-corrected chi connectivity index (χ1v) is 3.73. The van der Waals surface area contributed by atoms with Crippen LogP contribution in [0.25, 0.3) is 0 Å². The second-order valence-electron chi connectivity index (χ2n) is 4.73. The van der Waals surface area contributed by atoms with Crippen molar-refractivity contribution in [1.29, 1.82) is 0 Å². The minimum Gasteiger partial charge on any atom is -0.0630 e. The van der Waals surface area contributed by atoms with Crippen molar-refractivity contribution in [3.63, 3.8) is 0 Å². The Balaban J connectivity index is -0.00000000190. The van der Waals surface area contributed by atoms with Crippen molar-refractivity contribution >= 4 is 0 Å². The third kappa shape index (κ3) is 232. The third-order valence-corrected chi connectivity index (χ3v) is 0. The summed E-state index contributed by atoms with van der Waals surface area (Å²) in [5, 5.41) is 0. The molecule has 0 aromatic rings. The summed E-state index contributed by atoms with van der Waals surface area (Å²) in [6, 6.07) is 0. The molecule has 0 rings (SSSR count). The van der Waals surface area contributed by atoms with Crippen molar-refractivity contribution in [2.24, 2.45) is 11.3 Å². The Morgan fingerprint density at radius 1 is 0.391 bits per heavy atom. The van der Waals surface area contributed by atoms with Gasteiger partial charge < -0.3 is 0 Å². The second-order valence-corrected chi connectivity index (χ2v) is 4.73. The predicted molar refractivity (Wildman–Crippen MR) is 45.6 cm³/mol. The molecule has 0 spiro atoms. The molecular formula is C9H22W7Y7. The Kier molecular flexibility index (Phi) is 404. The standard InChI is InChI=1S/C5H12.C4H10.7W.7Y/c1-5(2,3)4;1-4(2)3;;;;;;;;;;;;;;/h1-4H3;4H,1-3H3;;;;;;;;;;;;;;. The van der Waals surface area contributed by atoms with E-state index in [0.717, 1.165) is 5.92 Å². The zero-order valence-corrected chi connectivity index (χ0v) is 55.4. The van der Waals surface area contributed by atoms with Crippen LogP contribution in [-0.4, -0.2) is 0 Å². The molecule has 0 saturated heterocycles. The summed E-state index contributed by atoms with van der Waals surface area (Å²) in [7, 11) is 0. The fourth-order valence-electron chi connectivity index (χ4n) is 0. The largest absolute Gasteiger partial charge is 0.0630 e. The normalized spacial score (nSPS) is 4.17. The van der Waals surface area contributed by atoms with E-state index in [-0.39, 0.29) is 376 Å². The molecule has 0 aliphatic heterocycles. The Labute approximate surface area is 423 Å². The van der Waals surface area contributed by atoms with Crippen LogP contribution in [0.15, 0.2) is 0 Å². The van der Waals surface area contributed by atoms with E-state index in [0.29, 0.717) is 5.41 Å². The summed E-state index contributed by atoms with van der Waals surface area (Å²) in [6.45, 7) is 15.2. The van der Waals surface area contributed by atoms with Crippen LogP contribution >= 0.6 is 0 Å². The van der Waals surface area contributed by atoms with Gasteiger partial charge in [-0.05, 0) is 11.3 Å². The Hall–Kier alpha value is 12.5. The van der Waals surface area contributed by atoms with Gasteiger partial charge in [0.2, 0.25) is 0 Å². The molecule has 0 aliphatic carbocycles.